The predicted molar refractivity (Wildman–Crippen MR) is 104 cm³/mol. The minimum Gasteiger partial charge on any atom is -0.325 e. The molecule has 0 aliphatic heterocycles. The van der Waals surface area contributed by atoms with Crippen molar-refractivity contribution in [2.45, 2.75) is 56.3 Å². The Balaban J connectivity index is 1.43. The number of anilines is 1. The van der Waals surface area contributed by atoms with Crippen LogP contribution >= 0.6 is 11.8 Å². The monoisotopic (exact) mass is 422 g/mol. The van der Waals surface area contributed by atoms with Crippen LogP contribution in [-0.2, 0) is 16.4 Å². The number of halogens is 3. The van der Waals surface area contributed by atoms with E-state index in [4.69, 9.17) is 0 Å². The van der Waals surface area contributed by atoms with E-state index in [1.165, 1.54) is 12.1 Å². The number of fused-ring (bicyclic) bond motifs is 5. The molecule has 9 heteroatoms. The Labute approximate surface area is 170 Å². The summed E-state index contributed by atoms with van der Waals surface area (Å²) in [5, 5.41) is 11.5. The molecule has 1 amide bonds. The highest BCUT2D eigenvalue weighted by atomic mass is 32.2. The number of nitrogens with one attached hydrogen (secondary N) is 1. The summed E-state index contributed by atoms with van der Waals surface area (Å²) in [4.78, 5) is 16.9. The maximum Gasteiger partial charge on any atom is 0.416 e. The Morgan fingerprint density at radius 1 is 1.28 bits per heavy atom. The Kier molecular flexibility index (Phi) is 4.64. The lowest BCUT2D eigenvalue weighted by Gasteiger charge is -2.33. The van der Waals surface area contributed by atoms with Crippen molar-refractivity contribution in [3.8, 4) is 0 Å². The van der Waals surface area contributed by atoms with E-state index in [1.807, 2.05) is 0 Å². The van der Waals surface area contributed by atoms with Crippen LogP contribution in [0.15, 0.2) is 29.4 Å². The van der Waals surface area contributed by atoms with Gasteiger partial charge in [-0.1, -0.05) is 38.6 Å². The van der Waals surface area contributed by atoms with Gasteiger partial charge in [-0.25, -0.2) is 4.98 Å². The summed E-state index contributed by atoms with van der Waals surface area (Å²) >= 11 is 1.13. The fourth-order valence-electron chi connectivity index (χ4n) is 4.52. The van der Waals surface area contributed by atoms with Gasteiger partial charge in [0.1, 0.15) is 0 Å². The van der Waals surface area contributed by atoms with E-state index in [0.717, 1.165) is 48.1 Å². The van der Waals surface area contributed by atoms with Crippen LogP contribution < -0.4 is 5.32 Å². The predicted octanol–water partition coefficient (Wildman–Crippen LogP) is 4.80. The molecule has 0 radical (unpaired) electrons. The number of aromatic nitrogens is 3. The zero-order valence-electron chi connectivity index (χ0n) is 16.3. The number of benzene rings is 1. The summed E-state index contributed by atoms with van der Waals surface area (Å²) in [6.07, 6.45) is -2.32. The first-order valence-corrected chi connectivity index (χ1v) is 10.4. The number of carbonyl (C=O) groups excluding carboxylic acids is 1. The number of amides is 1. The second kappa shape index (κ2) is 6.68. The molecular weight excluding hydrogens is 401 g/mol. The molecule has 0 saturated heterocycles. The van der Waals surface area contributed by atoms with Gasteiger partial charge in [0.05, 0.1) is 22.7 Å². The Bertz CT molecular complexity index is 978. The maximum absolute atomic E-state index is 12.8. The molecule has 2 aliphatic carbocycles. The number of carbonyl (C=O) groups is 1. The lowest BCUT2D eigenvalue weighted by atomic mass is 9.70. The molecule has 1 aromatic carbocycles. The second-order valence-corrected chi connectivity index (χ2v) is 9.33. The van der Waals surface area contributed by atoms with Gasteiger partial charge in [-0.2, -0.15) is 18.3 Å². The maximum atomic E-state index is 12.8. The minimum absolute atomic E-state index is 0.0136. The van der Waals surface area contributed by atoms with Crippen LogP contribution in [0.3, 0.4) is 0 Å². The highest BCUT2D eigenvalue weighted by Gasteiger charge is 2.61. The van der Waals surface area contributed by atoms with Crippen molar-refractivity contribution in [2.75, 3.05) is 11.1 Å². The first kappa shape index (κ1) is 20.1. The Morgan fingerprint density at radius 3 is 2.76 bits per heavy atom. The van der Waals surface area contributed by atoms with E-state index in [0.29, 0.717) is 11.1 Å². The van der Waals surface area contributed by atoms with Crippen LogP contribution in [0.5, 0.6) is 0 Å². The summed E-state index contributed by atoms with van der Waals surface area (Å²) in [6.45, 7) is 6.69. The lowest BCUT2D eigenvalue weighted by Crippen LogP contribution is -2.32. The fourth-order valence-corrected chi connectivity index (χ4v) is 5.11. The fraction of sp³-hybridized carbons (Fsp3) is 0.500. The van der Waals surface area contributed by atoms with E-state index in [9.17, 15) is 18.0 Å². The molecule has 29 heavy (non-hydrogen) atoms. The van der Waals surface area contributed by atoms with Crippen LogP contribution in [0.2, 0.25) is 0 Å². The smallest absolute Gasteiger partial charge is 0.325 e. The first-order valence-electron chi connectivity index (χ1n) is 9.37. The van der Waals surface area contributed by atoms with Crippen LogP contribution in [-0.4, -0.2) is 26.8 Å². The highest BCUT2D eigenvalue weighted by Crippen LogP contribution is 2.66. The largest absolute Gasteiger partial charge is 0.416 e. The molecule has 0 unspecified atom stereocenters. The molecule has 2 aromatic rings. The van der Waals surface area contributed by atoms with E-state index >= 15 is 0 Å². The number of thioether (sulfide) groups is 1. The second-order valence-electron chi connectivity index (χ2n) is 8.39. The van der Waals surface area contributed by atoms with Crippen LogP contribution in [0.25, 0.3) is 0 Å². The SMILES string of the molecule is CC1(C)[C@H]2CC[C@@]1(C)c1nc(SCC(=O)Nc3cccc(C(F)(F)F)c3)nnc12. The van der Waals surface area contributed by atoms with Crippen LogP contribution in [0, 0.1) is 5.41 Å². The van der Waals surface area contributed by atoms with Gasteiger partial charge >= 0.3 is 6.18 Å². The molecule has 2 atom stereocenters. The molecule has 5 nitrogen and oxygen atoms in total. The normalized spacial score (nSPS) is 24.4. The molecule has 1 saturated carbocycles. The summed E-state index contributed by atoms with van der Waals surface area (Å²) in [7, 11) is 0. The third kappa shape index (κ3) is 3.29. The third-order valence-electron chi connectivity index (χ3n) is 6.58. The lowest BCUT2D eigenvalue weighted by molar-refractivity contribution is -0.137. The average Bonchev–Trinajstić information content (AvgIpc) is 2.98. The van der Waals surface area contributed by atoms with Gasteiger partial charge in [-0.3, -0.25) is 4.79 Å². The molecule has 1 N–H and O–H groups in total. The van der Waals surface area contributed by atoms with Gasteiger partial charge in [-0.05, 0) is 36.5 Å². The zero-order chi connectivity index (χ0) is 21.0. The van der Waals surface area contributed by atoms with E-state index in [2.05, 4.69) is 41.3 Å². The van der Waals surface area contributed by atoms with E-state index in [-0.39, 0.29) is 22.3 Å². The topological polar surface area (TPSA) is 67.8 Å². The molecule has 1 aromatic heterocycles. The van der Waals surface area contributed by atoms with Gasteiger partial charge in [0, 0.05) is 17.0 Å². The van der Waals surface area contributed by atoms with Gasteiger partial charge in [0.25, 0.3) is 0 Å². The van der Waals surface area contributed by atoms with Gasteiger partial charge in [0.15, 0.2) is 0 Å². The molecule has 1 fully saturated rings. The van der Waals surface area contributed by atoms with Gasteiger partial charge < -0.3 is 5.32 Å². The van der Waals surface area contributed by atoms with Crippen molar-refractivity contribution in [1.29, 1.82) is 0 Å². The van der Waals surface area contributed by atoms with Crippen molar-refractivity contribution in [3.63, 3.8) is 0 Å². The van der Waals surface area contributed by atoms with Crippen molar-refractivity contribution < 1.29 is 18.0 Å². The minimum atomic E-state index is -4.46. The molecule has 4 rings (SSSR count). The number of hydrogen-bond acceptors (Lipinski definition) is 5. The molecule has 1 heterocycles. The van der Waals surface area contributed by atoms with Gasteiger partial charge in [0.2, 0.25) is 11.1 Å². The molecule has 2 bridgehead atoms. The Morgan fingerprint density at radius 2 is 2.03 bits per heavy atom. The van der Waals surface area contributed by atoms with E-state index < -0.39 is 17.6 Å². The highest BCUT2D eigenvalue weighted by molar-refractivity contribution is 7.99. The summed E-state index contributed by atoms with van der Waals surface area (Å²) in [6, 6.07) is 4.56. The summed E-state index contributed by atoms with van der Waals surface area (Å²) < 4.78 is 38.4. The Hall–Kier alpha value is -2.16. The summed E-state index contributed by atoms with van der Waals surface area (Å²) in [5.74, 6) is -0.0856. The molecule has 154 valence electrons. The summed E-state index contributed by atoms with van der Waals surface area (Å²) in [5.41, 5.74) is 1.24. The quantitative estimate of drug-likeness (QED) is 0.717. The standard InChI is InChI=1S/C20H21F3N4OS/c1-18(2)13-7-8-19(18,3)16-15(13)26-27-17(25-16)29-10-14(28)24-12-6-4-5-11(9-12)20(21,22)23/h4-6,9,13H,7-8,10H2,1-3H3,(H,24,28)/t13-,19-/m0/s1. The zero-order valence-corrected chi connectivity index (χ0v) is 17.1. The number of nitrogens with zero attached hydrogens (tertiary/aromatic N) is 3. The number of rotatable bonds is 4. The van der Waals surface area contributed by atoms with E-state index in [1.54, 1.807) is 0 Å². The third-order valence-corrected chi connectivity index (χ3v) is 7.42. The molecule has 2 aliphatic rings. The van der Waals surface area contributed by atoms with Crippen LogP contribution in [0.1, 0.15) is 56.5 Å². The molecular formula is C20H21F3N4OS. The average molecular weight is 422 g/mol. The van der Waals surface area contributed by atoms with Crippen LogP contribution in [0.4, 0.5) is 18.9 Å². The molecule has 0 spiro atoms. The van der Waals surface area contributed by atoms with Crippen molar-refractivity contribution >= 4 is 23.4 Å². The van der Waals surface area contributed by atoms with Crippen molar-refractivity contribution in [3.05, 3.63) is 41.2 Å². The van der Waals surface area contributed by atoms with Gasteiger partial charge in [-0.15, -0.1) is 5.10 Å². The first-order chi connectivity index (χ1) is 13.5. The number of hydrogen-bond donors (Lipinski definition) is 1. The number of alkyl halides is 3. The van der Waals surface area contributed by atoms with Crippen molar-refractivity contribution in [2.24, 2.45) is 5.41 Å². The van der Waals surface area contributed by atoms with Crippen molar-refractivity contribution in [1.82, 2.24) is 15.2 Å².